The molecule has 3 rings (SSSR count). The van der Waals surface area contributed by atoms with E-state index in [2.05, 4.69) is 15.9 Å². The van der Waals surface area contributed by atoms with Crippen molar-refractivity contribution in [3.63, 3.8) is 0 Å². The van der Waals surface area contributed by atoms with Crippen molar-refractivity contribution in [3.05, 3.63) is 33.8 Å². The van der Waals surface area contributed by atoms with Gasteiger partial charge in [0.25, 0.3) is 5.91 Å². The second kappa shape index (κ2) is 5.81. The summed E-state index contributed by atoms with van der Waals surface area (Å²) in [6.07, 6.45) is 2.24. The third-order valence-corrected chi connectivity index (χ3v) is 4.60. The van der Waals surface area contributed by atoms with Crippen LogP contribution in [0.25, 0.3) is 6.08 Å². The Hall–Kier alpha value is -1.33. The minimum absolute atomic E-state index is 0.0133. The fourth-order valence-electron chi connectivity index (χ4n) is 2.79. The van der Waals surface area contributed by atoms with Gasteiger partial charge in [-0.3, -0.25) is 4.79 Å². The number of hydrogen-bond acceptors (Lipinski definition) is 3. The number of aliphatic hydroxyl groups is 1. The van der Waals surface area contributed by atoms with Crippen LogP contribution >= 0.6 is 15.9 Å². The van der Waals surface area contributed by atoms with E-state index >= 15 is 0 Å². The van der Waals surface area contributed by atoms with Crippen molar-refractivity contribution in [1.82, 2.24) is 4.90 Å². The van der Waals surface area contributed by atoms with Crippen LogP contribution in [-0.2, 0) is 4.79 Å². The molecule has 2 aliphatic heterocycles. The smallest absolute Gasteiger partial charge is 0.253 e. The highest BCUT2D eigenvalue weighted by Gasteiger charge is 2.29. The first-order valence-corrected chi connectivity index (χ1v) is 7.94. The molecule has 0 aromatic heterocycles. The van der Waals surface area contributed by atoms with Gasteiger partial charge < -0.3 is 14.7 Å². The summed E-state index contributed by atoms with van der Waals surface area (Å²) in [6.45, 7) is 3.48. The average Bonchev–Trinajstić information content (AvgIpc) is 2.48. The summed E-state index contributed by atoms with van der Waals surface area (Å²) in [5.74, 6) is 0.936. The second-order valence-electron chi connectivity index (χ2n) is 5.72. The average molecular weight is 352 g/mol. The fourth-order valence-corrected chi connectivity index (χ4v) is 3.17. The number of carbonyl (C=O) groups excluding carboxylic acids is 1. The molecule has 1 saturated heterocycles. The van der Waals surface area contributed by atoms with Gasteiger partial charge in [-0.15, -0.1) is 0 Å². The van der Waals surface area contributed by atoms with E-state index in [9.17, 15) is 9.90 Å². The molecule has 0 radical (unpaired) electrons. The molecule has 0 bridgehead atoms. The van der Waals surface area contributed by atoms with Crippen molar-refractivity contribution in [2.45, 2.75) is 19.4 Å². The number of piperidine rings is 1. The van der Waals surface area contributed by atoms with E-state index in [0.717, 1.165) is 15.8 Å². The number of hydrogen-bond donors (Lipinski definition) is 1. The summed E-state index contributed by atoms with van der Waals surface area (Å²) in [5, 5.41) is 9.77. The predicted molar refractivity (Wildman–Crippen MR) is 84.0 cm³/mol. The molecular weight excluding hydrogens is 334 g/mol. The Balaban J connectivity index is 1.80. The quantitative estimate of drug-likeness (QED) is 0.845. The SMILES string of the molecule is CC1CN(C(=O)C2=Cc3cc(Br)ccc3OC2)CCC1O. The lowest BCUT2D eigenvalue weighted by Gasteiger charge is -2.35. The van der Waals surface area contributed by atoms with Crippen LogP contribution in [0.15, 0.2) is 28.2 Å². The monoisotopic (exact) mass is 351 g/mol. The lowest BCUT2D eigenvalue weighted by Crippen LogP contribution is -2.46. The van der Waals surface area contributed by atoms with E-state index < -0.39 is 0 Å². The summed E-state index contributed by atoms with van der Waals surface area (Å²) in [7, 11) is 0. The zero-order chi connectivity index (χ0) is 15.0. The molecule has 2 aliphatic rings. The molecule has 1 N–H and O–H groups in total. The van der Waals surface area contributed by atoms with E-state index in [1.54, 1.807) is 0 Å². The largest absolute Gasteiger partial charge is 0.488 e. The zero-order valence-electron chi connectivity index (χ0n) is 11.9. The van der Waals surface area contributed by atoms with Crippen molar-refractivity contribution in [3.8, 4) is 5.75 Å². The Morgan fingerprint density at radius 2 is 2.29 bits per heavy atom. The van der Waals surface area contributed by atoms with Gasteiger partial charge in [0, 0.05) is 23.1 Å². The summed E-state index contributed by atoms with van der Waals surface area (Å²) in [5.41, 5.74) is 1.59. The summed E-state index contributed by atoms with van der Waals surface area (Å²) < 4.78 is 6.63. The highest BCUT2D eigenvalue weighted by molar-refractivity contribution is 9.10. The first-order valence-electron chi connectivity index (χ1n) is 7.15. The zero-order valence-corrected chi connectivity index (χ0v) is 13.5. The van der Waals surface area contributed by atoms with Crippen LogP contribution in [0.2, 0.25) is 0 Å². The molecule has 1 aromatic carbocycles. The van der Waals surface area contributed by atoms with Crippen LogP contribution in [-0.4, -0.2) is 41.7 Å². The van der Waals surface area contributed by atoms with Gasteiger partial charge in [0.05, 0.1) is 11.7 Å². The van der Waals surface area contributed by atoms with Crippen molar-refractivity contribution in [2.75, 3.05) is 19.7 Å². The van der Waals surface area contributed by atoms with E-state index in [-0.39, 0.29) is 17.9 Å². The van der Waals surface area contributed by atoms with Crippen LogP contribution in [0.4, 0.5) is 0 Å². The van der Waals surface area contributed by atoms with Gasteiger partial charge in [0.15, 0.2) is 0 Å². The molecule has 1 fully saturated rings. The van der Waals surface area contributed by atoms with Crippen molar-refractivity contribution in [2.24, 2.45) is 5.92 Å². The van der Waals surface area contributed by atoms with Gasteiger partial charge >= 0.3 is 0 Å². The third-order valence-electron chi connectivity index (χ3n) is 4.11. The molecule has 2 atom stereocenters. The Kier molecular flexibility index (Phi) is 4.04. The molecule has 0 spiro atoms. The summed E-state index contributed by atoms with van der Waals surface area (Å²) in [6, 6.07) is 5.77. The van der Waals surface area contributed by atoms with E-state index in [0.29, 0.717) is 31.7 Å². The Morgan fingerprint density at radius 3 is 3.05 bits per heavy atom. The lowest BCUT2D eigenvalue weighted by molar-refractivity contribution is -0.130. The van der Waals surface area contributed by atoms with Crippen LogP contribution in [0, 0.1) is 5.92 Å². The van der Waals surface area contributed by atoms with Crippen LogP contribution in [0.3, 0.4) is 0 Å². The fraction of sp³-hybridized carbons (Fsp3) is 0.438. The van der Waals surface area contributed by atoms with Crippen molar-refractivity contribution in [1.29, 1.82) is 0 Å². The van der Waals surface area contributed by atoms with Crippen LogP contribution in [0.1, 0.15) is 18.9 Å². The number of benzene rings is 1. The molecule has 5 heteroatoms. The normalized spacial score (nSPS) is 24.9. The van der Waals surface area contributed by atoms with Gasteiger partial charge in [-0.25, -0.2) is 0 Å². The minimum atomic E-state index is -0.303. The number of amides is 1. The number of ether oxygens (including phenoxy) is 1. The maximum absolute atomic E-state index is 12.6. The Labute approximate surface area is 132 Å². The number of carbonyl (C=O) groups is 1. The van der Waals surface area contributed by atoms with Gasteiger partial charge in [0.1, 0.15) is 12.4 Å². The van der Waals surface area contributed by atoms with E-state index in [1.807, 2.05) is 36.1 Å². The van der Waals surface area contributed by atoms with Gasteiger partial charge in [-0.2, -0.15) is 0 Å². The molecule has 1 aromatic rings. The Morgan fingerprint density at radius 1 is 1.48 bits per heavy atom. The Bertz CT molecular complexity index is 599. The van der Waals surface area contributed by atoms with Gasteiger partial charge in [-0.1, -0.05) is 22.9 Å². The van der Waals surface area contributed by atoms with E-state index in [4.69, 9.17) is 4.74 Å². The highest BCUT2D eigenvalue weighted by atomic mass is 79.9. The molecule has 21 heavy (non-hydrogen) atoms. The van der Waals surface area contributed by atoms with E-state index in [1.165, 1.54) is 0 Å². The third kappa shape index (κ3) is 2.99. The standard InChI is InChI=1S/C16H18BrNO3/c1-10-8-18(5-4-14(10)19)16(20)12-6-11-7-13(17)2-3-15(11)21-9-12/h2-3,6-7,10,14,19H,4-5,8-9H2,1H3. The summed E-state index contributed by atoms with van der Waals surface area (Å²) >= 11 is 3.43. The predicted octanol–water partition coefficient (Wildman–Crippen LogP) is 2.45. The topological polar surface area (TPSA) is 49.8 Å². The molecule has 4 nitrogen and oxygen atoms in total. The van der Waals surface area contributed by atoms with Gasteiger partial charge in [0.2, 0.25) is 0 Å². The number of fused-ring (bicyclic) bond motifs is 1. The molecule has 1 amide bonds. The summed E-state index contributed by atoms with van der Waals surface area (Å²) in [4.78, 5) is 14.4. The second-order valence-corrected chi connectivity index (χ2v) is 6.64. The first-order chi connectivity index (χ1) is 10.0. The van der Waals surface area contributed by atoms with Crippen LogP contribution < -0.4 is 4.74 Å². The number of halogens is 1. The number of nitrogens with zero attached hydrogens (tertiary/aromatic N) is 1. The van der Waals surface area contributed by atoms with Crippen molar-refractivity contribution >= 4 is 27.9 Å². The number of aliphatic hydroxyl groups excluding tert-OH is 1. The number of likely N-dealkylation sites (tertiary alicyclic amines) is 1. The number of rotatable bonds is 1. The molecule has 2 unspecified atom stereocenters. The van der Waals surface area contributed by atoms with Crippen LogP contribution in [0.5, 0.6) is 5.75 Å². The molecular formula is C16H18BrNO3. The molecule has 0 saturated carbocycles. The maximum atomic E-state index is 12.6. The molecule has 112 valence electrons. The van der Waals surface area contributed by atoms with Gasteiger partial charge in [-0.05, 0) is 36.6 Å². The highest BCUT2D eigenvalue weighted by Crippen LogP contribution is 2.30. The molecule has 0 aliphatic carbocycles. The first kappa shape index (κ1) is 14.6. The minimum Gasteiger partial charge on any atom is -0.488 e. The maximum Gasteiger partial charge on any atom is 0.253 e. The van der Waals surface area contributed by atoms with Crippen molar-refractivity contribution < 1.29 is 14.6 Å². The lowest BCUT2D eigenvalue weighted by atomic mass is 9.96. The molecule has 2 heterocycles.